The van der Waals surface area contributed by atoms with Crippen LogP contribution in [0.5, 0.6) is 0 Å². The molecule has 106 valence electrons. The quantitative estimate of drug-likeness (QED) is 0.577. The van der Waals surface area contributed by atoms with Crippen molar-refractivity contribution in [2.75, 3.05) is 0 Å². The Balaban J connectivity index is 1.92. The molecule has 1 amide bonds. The molecule has 0 aliphatic rings. The smallest absolute Gasteiger partial charge is 0.274 e. The molecule has 3 aromatic rings. The van der Waals surface area contributed by atoms with Crippen molar-refractivity contribution in [2.45, 2.75) is 6.54 Å². The second kappa shape index (κ2) is 5.55. The van der Waals surface area contributed by atoms with E-state index in [1.54, 1.807) is 28.4 Å². The van der Waals surface area contributed by atoms with Crippen LogP contribution >= 0.6 is 11.6 Å². The number of amides is 1. The third-order valence-electron chi connectivity index (χ3n) is 3.15. The summed E-state index contributed by atoms with van der Waals surface area (Å²) in [5.74, 6) is -0.554. The molecule has 0 saturated carbocycles. The molecule has 1 aromatic heterocycles. The molecule has 0 saturated heterocycles. The van der Waals surface area contributed by atoms with Crippen molar-refractivity contribution in [3.63, 3.8) is 0 Å². The summed E-state index contributed by atoms with van der Waals surface area (Å²) in [6.45, 7) is 0.594. The van der Waals surface area contributed by atoms with Gasteiger partial charge in [-0.2, -0.15) is 5.10 Å². The molecule has 5 nitrogen and oxygen atoms in total. The highest BCUT2D eigenvalue weighted by Crippen LogP contribution is 2.17. The third-order valence-corrected chi connectivity index (χ3v) is 3.39. The van der Waals surface area contributed by atoms with Gasteiger partial charge in [-0.15, -0.1) is 0 Å². The third kappa shape index (κ3) is 2.89. The van der Waals surface area contributed by atoms with Crippen LogP contribution in [-0.4, -0.2) is 20.9 Å². The van der Waals surface area contributed by atoms with Crippen LogP contribution in [0.2, 0.25) is 5.02 Å². The monoisotopic (exact) mass is 301 g/mol. The number of halogens is 1. The fraction of sp³-hybridized carbons (Fsp3) is 0.0667. The molecule has 3 rings (SSSR count). The van der Waals surface area contributed by atoms with E-state index in [2.05, 4.69) is 5.10 Å². The zero-order valence-corrected chi connectivity index (χ0v) is 11.7. The second-order valence-corrected chi connectivity index (χ2v) is 5.11. The van der Waals surface area contributed by atoms with Crippen molar-refractivity contribution in [3.05, 3.63) is 64.8 Å². The van der Waals surface area contributed by atoms with Gasteiger partial charge in [0.2, 0.25) is 0 Å². The number of rotatable bonds is 3. The number of hydrogen-bond donors (Lipinski definition) is 2. The Labute approximate surface area is 125 Å². The summed E-state index contributed by atoms with van der Waals surface area (Å²) in [7, 11) is 0. The van der Waals surface area contributed by atoms with Crippen LogP contribution in [0.3, 0.4) is 0 Å². The van der Waals surface area contributed by atoms with Crippen molar-refractivity contribution < 1.29 is 10.0 Å². The van der Waals surface area contributed by atoms with E-state index in [4.69, 9.17) is 16.8 Å². The summed E-state index contributed by atoms with van der Waals surface area (Å²) in [6.07, 6.45) is 1.90. The first-order valence-electron chi connectivity index (χ1n) is 6.32. The molecule has 21 heavy (non-hydrogen) atoms. The molecule has 0 fully saturated rings. The summed E-state index contributed by atoms with van der Waals surface area (Å²) < 4.78 is 1.79. The van der Waals surface area contributed by atoms with Crippen molar-refractivity contribution in [1.29, 1.82) is 0 Å². The molecule has 0 atom stereocenters. The molecule has 0 bridgehead atoms. The number of benzene rings is 2. The Hall–Kier alpha value is -2.37. The first kappa shape index (κ1) is 13.6. The van der Waals surface area contributed by atoms with Crippen LogP contribution in [0, 0.1) is 0 Å². The summed E-state index contributed by atoms with van der Waals surface area (Å²) in [6, 6.07) is 12.6. The van der Waals surface area contributed by atoms with Gasteiger partial charge >= 0.3 is 0 Å². The van der Waals surface area contributed by atoms with E-state index in [0.29, 0.717) is 22.6 Å². The van der Waals surface area contributed by atoms with Gasteiger partial charge in [0.15, 0.2) is 0 Å². The topological polar surface area (TPSA) is 67.2 Å². The Morgan fingerprint density at radius 1 is 1.29 bits per heavy atom. The first-order chi connectivity index (χ1) is 10.2. The van der Waals surface area contributed by atoms with Crippen LogP contribution in [0.4, 0.5) is 0 Å². The lowest BCUT2D eigenvalue weighted by Crippen LogP contribution is -2.18. The molecule has 2 aromatic carbocycles. The first-order valence-corrected chi connectivity index (χ1v) is 6.69. The fourth-order valence-corrected chi connectivity index (χ4v) is 2.39. The van der Waals surface area contributed by atoms with Crippen LogP contribution in [-0.2, 0) is 6.54 Å². The van der Waals surface area contributed by atoms with E-state index in [0.717, 1.165) is 10.9 Å². The number of carbonyl (C=O) groups is 1. The Morgan fingerprint density at radius 3 is 2.90 bits per heavy atom. The Kier molecular flexibility index (Phi) is 3.60. The number of nitrogens with zero attached hydrogens (tertiary/aromatic N) is 2. The number of hydrogen-bond acceptors (Lipinski definition) is 3. The van der Waals surface area contributed by atoms with Gasteiger partial charge in [0.1, 0.15) is 0 Å². The highest BCUT2D eigenvalue weighted by molar-refractivity contribution is 6.30. The maximum atomic E-state index is 11.4. The van der Waals surface area contributed by atoms with Gasteiger partial charge in [0.25, 0.3) is 5.91 Å². The van der Waals surface area contributed by atoms with Gasteiger partial charge in [-0.05, 0) is 29.8 Å². The van der Waals surface area contributed by atoms with Crippen LogP contribution in [0.1, 0.15) is 15.9 Å². The van der Waals surface area contributed by atoms with Crippen molar-refractivity contribution in [3.8, 4) is 0 Å². The number of fused-ring (bicyclic) bond motifs is 1. The molecular weight excluding hydrogens is 290 g/mol. The molecule has 0 unspecified atom stereocenters. The zero-order chi connectivity index (χ0) is 14.8. The SMILES string of the molecule is O=C(NO)c1ccc2cn(Cc3cccc(Cl)c3)nc2c1. The van der Waals surface area contributed by atoms with Gasteiger partial charge in [-0.1, -0.05) is 29.8 Å². The molecule has 6 heteroatoms. The van der Waals surface area contributed by atoms with E-state index < -0.39 is 5.91 Å². The predicted molar refractivity (Wildman–Crippen MR) is 79.5 cm³/mol. The molecular formula is C15H12ClN3O2. The average molecular weight is 302 g/mol. The summed E-state index contributed by atoms with van der Waals surface area (Å²) in [5.41, 5.74) is 3.71. The molecule has 0 radical (unpaired) electrons. The van der Waals surface area contributed by atoms with Gasteiger partial charge < -0.3 is 0 Å². The largest absolute Gasteiger partial charge is 0.288 e. The summed E-state index contributed by atoms with van der Waals surface area (Å²) in [5, 5.41) is 14.7. The van der Waals surface area contributed by atoms with E-state index in [9.17, 15) is 4.79 Å². The lowest BCUT2D eigenvalue weighted by molar-refractivity contribution is 0.0706. The minimum atomic E-state index is -0.554. The van der Waals surface area contributed by atoms with Gasteiger partial charge in [0.05, 0.1) is 12.1 Å². The number of nitrogens with one attached hydrogen (secondary N) is 1. The van der Waals surface area contributed by atoms with E-state index >= 15 is 0 Å². The van der Waals surface area contributed by atoms with E-state index in [-0.39, 0.29) is 0 Å². The summed E-state index contributed by atoms with van der Waals surface area (Å²) in [4.78, 5) is 11.4. The average Bonchev–Trinajstić information content (AvgIpc) is 2.87. The second-order valence-electron chi connectivity index (χ2n) is 4.67. The van der Waals surface area contributed by atoms with Crippen LogP contribution in [0.15, 0.2) is 48.7 Å². The van der Waals surface area contributed by atoms with Crippen molar-refractivity contribution >= 4 is 28.4 Å². The van der Waals surface area contributed by atoms with Gasteiger partial charge in [-0.25, -0.2) is 5.48 Å². The predicted octanol–water partition coefficient (Wildman–Crippen LogP) is 2.86. The number of aromatic nitrogens is 2. The normalized spacial score (nSPS) is 10.8. The van der Waals surface area contributed by atoms with Crippen LogP contribution < -0.4 is 5.48 Å². The maximum absolute atomic E-state index is 11.4. The Bertz CT molecular complexity index is 814. The molecule has 0 spiro atoms. The minimum Gasteiger partial charge on any atom is -0.288 e. The lowest BCUT2D eigenvalue weighted by Gasteiger charge is -2.01. The summed E-state index contributed by atoms with van der Waals surface area (Å²) >= 11 is 5.96. The Morgan fingerprint density at radius 2 is 2.14 bits per heavy atom. The highest BCUT2D eigenvalue weighted by atomic mass is 35.5. The molecule has 1 heterocycles. The molecule has 0 aliphatic heterocycles. The van der Waals surface area contributed by atoms with Crippen molar-refractivity contribution in [2.24, 2.45) is 0 Å². The van der Waals surface area contributed by atoms with E-state index in [1.807, 2.05) is 30.5 Å². The molecule has 0 aliphatic carbocycles. The number of carbonyl (C=O) groups excluding carboxylic acids is 1. The zero-order valence-electron chi connectivity index (χ0n) is 11.0. The fourth-order valence-electron chi connectivity index (χ4n) is 2.18. The molecule has 2 N–H and O–H groups in total. The number of hydroxylamine groups is 1. The van der Waals surface area contributed by atoms with Gasteiger partial charge in [-0.3, -0.25) is 14.7 Å². The highest BCUT2D eigenvalue weighted by Gasteiger charge is 2.07. The van der Waals surface area contributed by atoms with Crippen molar-refractivity contribution in [1.82, 2.24) is 15.3 Å². The lowest BCUT2D eigenvalue weighted by atomic mass is 10.1. The standard InChI is InChI=1S/C15H12ClN3O2/c16-13-3-1-2-10(6-13)8-19-9-12-5-4-11(15(20)18-21)7-14(12)17-19/h1-7,9,21H,8H2,(H,18,20). The van der Waals surface area contributed by atoms with E-state index in [1.165, 1.54) is 0 Å². The maximum Gasteiger partial charge on any atom is 0.274 e. The van der Waals surface area contributed by atoms with Crippen LogP contribution in [0.25, 0.3) is 10.9 Å². The van der Waals surface area contributed by atoms with Gasteiger partial charge in [0, 0.05) is 22.2 Å². The minimum absolute atomic E-state index is 0.359.